The molecule has 0 saturated carbocycles. The standard InChI is InChI=1S/C20H17N3O4S3/c1-12(19(27)23-20-22-15(11-29-20)16-3-2-10-28-16)30-14-6-4-13(5-7-14)21-17(24)8-9-18(25)26/h2-12H,1H3,(H,21,24)(H,25,26)(H,22,23,27)/b9-8+. The quantitative estimate of drug-likeness (QED) is 0.336. The molecule has 10 heteroatoms. The summed E-state index contributed by atoms with van der Waals surface area (Å²) >= 11 is 4.36. The van der Waals surface area contributed by atoms with Gasteiger partial charge in [0.25, 0.3) is 0 Å². The summed E-state index contributed by atoms with van der Waals surface area (Å²) in [5, 5.41) is 18.0. The second-order valence-electron chi connectivity index (χ2n) is 5.95. The lowest BCUT2D eigenvalue weighted by atomic mass is 10.3. The van der Waals surface area contributed by atoms with E-state index in [9.17, 15) is 14.4 Å². The number of benzene rings is 1. The summed E-state index contributed by atoms with van der Waals surface area (Å²) in [6, 6.07) is 10.9. The van der Waals surface area contributed by atoms with E-state index in [-0.39, 0.29) is 11.2 Å². The number of anilines is 2. The van der Waals surface area contributed by atoms with Crippen molar-refractivity contribution in [2.45, 2.75) is 17.1 Å². The first-order valence-electron chi connectivity index (χ1n) is 8.69. The van der Waals surface area contributed by atoms with Crippen molar-refractivity contribution in [2.75, 3.05) is 10.6 Å². The number of rotatable bonds is 8. The van der Waals surface area contributed by atoms with Gasteiger partial charge in [0.05, 0.1) is 15.8 Å². The van der Waals surface area contributed by atoms with Crippen LogP contribution in [0.3, 0.4) is 0 Å². The number of carbonyl (C=O) groups is 3. The molecule has 7 nitrogen and oxygen atoms in total. The highest BCUT2D eigenvalue weighted by molar-refractivity contribution is 8.00. The maximum atomic E-state index is 12.5. The number of nitrogens with zero attached hydrogens (tertiary/aromatic N) is 1. The Morgan fingerprint density at radius 1 is 1.10 bits per heavy atom. The molecule has 2 heterocycles. The van der Waals surface area contributed by atoms with Crippen molar-refractivity contribution in [1.29, 1.82) is 0 Å². The molecule has 0 bridgehead atoms. The maximum Gasteiger partial charge on any atom is 0.328 e. The molecule has 1 aromatic carbocycles. The van der Waals surface area contributed by atoms with E-state index >= 15 is 0 Å². The lowest BCUT2D eigenvalue weighted by Crippen LogP contribution is -2.22. The minimum absolute atomic E-state index is 0.150. The fourth-order valence-corrected chi connectivity index (χ4v) is 4.62. The van der Waals surface area contributed by atoms with E-state index in [1.807, 2.05) is 22.9 Å². The normalized spacial score (nSPS) is 11.9. The minimum atomic E-state index is -1.19. The van der Waals surface area contributed by atoms with Gasteiger partial charge in [-0.3, -0.25) is 9.59 Å². The summed E-state index contributed by atoms with van der Waals surface area (Å²) < 4.78 is 0. The zero-order chi connectivity index (χ0) is 21.5. The molecular formula is C20H17N3O4S3. The largest absolute Gasteiger partial charge is 0.478 e. The average Bonchev–Trinajstić information content (AvgIpc) is 3.39. The van der Waals surface area contributed by atoms with Gasteiger partial charge in [-0.1, -0.05) is 6.07 Å². The maximum absolute atomic E-state index is 12.5. The number of aliphatic carboxylic acids is 1. The van der Waals surface area contributed by atoms with Crippen LogP contribution in [0.15, 0.2) is 64.2 Å². The Balaban J connectivity index is 1.52. The number of amides is 2. The van der Waals surface area contributed by atoms with Crippen LogP contribution in [0.4, 0.5) is 10.8 Å². The van der Waals surface area contributed by atoms with Crippen LogP contribution in [0.1, 0.15) is 6.92 Å². The Morgan fingerprint density at radius 2 is 1.87 bits per heavy atom. The van der Waals surface area contributed by atoms with E-state index < -0.39 is 11.9 Å². The highest BCUT2D eigenvalue weighted by Crippen LogP contribution is 2.29. The number of carboxylic acids is 1. The lowest BCUT2D eigenvalue weighted by Gasteiger charge is -2.11. The van der Waals surface area contributed by atoms with E-state index in [2.05, 4.69) is 15.6 Å². The monoisotopic (exact) mass is 459 g/mol. The van der Waals surface area contributed by atoms with E-state index in [0.29, 0.717) is 10.8 Å². The number of carbonyl (C=O) groups excluding carboxylic acids is 2. The Bertz CT molecular complexity index is 1060. The number of thiophene rings is 1. The Kier molecular flexibility index (Phi) is 7.39. The van der Waals surface area contributed by atoms with E-state index in [1.165, 1.54) is 23.1 Å². The summed E-state index contributed by atoms with van der Waals surface area (Å²) in [6.45, 7) is 1.81. The molecule has 2 amide bonds. The van der Waals surface area contributed by atoms with Gasteiger partial charge in [-0.2, -0.15) is 0 Å². The average molecular weight is 460 g/mol. The Labute approximate surface area is 184 Å². The second-order valence-corrected chi connectivity index (χ2v) is 9.17. The van der Waals surface area contributed by atoms with Crippen LogP contribution in [-0.4, -0.2) is 33.1 Å². The van der Waals surface area contributed by atoms with E-state index in [0.717, 1.165) is 27.6 Å². The second kappa shape index (κ2) is 10.2. The topological polar surface area (TPSA) is 108 Å². The predicted octanol–water partition coefficient (Wildman–Crippen LogP) is 4.57. The lowest BCUT2D eigenvalue weighted by molar-refractivity contribution is -0.131. The van der Waals surface area contributed by atoms with Crippen LogP contribution in [0.5, 0.6) is 0 Å². The van der Waals surface area contributed by atoms with Gasteiger partial charge in [0.1, 0.15) is 0 Å². The van der Waals surface area contributed by atoms with Gasteiger partial charge in [-0.05, 0) is 42.6 Å². The molecule has 0 fully saturated rings. The van der Waals surface area contributed by atoms with Crippen LogP contribution < -0.4 is 10.6 Å². The number of hydrogen-bond donors (Lipinski definition) is 3. The van der Waals surface area contributed by atoms with Crippen LogP contribution in [0, 0.1) is 0 Å². The number of hydrogen-bond acceptors (Lipinski definition) is 7. The molecule has 1 atom stereocenters. The molecule has 0 aliphatic carbocycles. The van der Waals surface area contributed by atoms with Gasteiger partial charge in [0, 0.05) is 28.1 Å². The first-order valence-corrected chi connectivity index (χ1v) is 11.3. The third-order valence-corrected chi connectivity index (χ3v) is 6.45. The van der Waals surface area contributed by atoms with Crippen LogP contribution in [0.2, 0.25) is 0 Å². The molecule has 0 aliphatic rings. The molecule has 1 unspecified atom stereocenters. The van der Waals surface area contributed by atoms with Crippen molar-refractivity contribution in [3.8, 4) is 10.6 Å². The molecule has 154 valence electrons. The summed E-state index contributed by atoms with van der Waals surface area (Å²) in [7, 11) is 0. The predicted molar refractivity (Wildman–Crippen MR) is 121 cm³/mol. The van der Waals surface area contributed by atoms with Crippen LogP contribution in [-0.2, 0) is 14.4 Å². The fraction of sp³-hybridized carbons (Fsp3) is 0.100. The summed E-state index contributed by atoms with van der Waals surface area (Å²) in [5.74, 6) is -1.87. The Hall–Kier alpha value is -2.95. The molecule has 0 saturated heterocycles. The smallest absolute Gasteiger partial charge is 0.328 e. The third-order valence-electron chi connectivity index (χ3n) is 3.69. The summed E-state index contributed by atoms with van der Waals surface area (Å²) in [6.07, 6.45) is 1.71. The van der Waals surface area contributed by atoms with Crippen molar-refractivity contribution in [3.63, 3.8) is 0 Å². The number of aromatic nitrogens is 1. The molecular weight excluding hydrogens is 442 g/mol. The van der Waals surface area contributed by atoms with Crippen molar-refractivity contribution in [3.05, 3.63) is 59.3 Å². The first kappa shape index (κ1) is 21.8. The van der Waals surface area contributed by atoms with Crippen molar-refractivity contribution in [2.24, 2.45) is 0 Å². The zero-order valence-electron chi connectivity index (χ0n) is 15.7. The molecule has 0 spiro atoms. The van der Waals surface area contributed by atoms with E-state index in [1.54, 1.807) is 42.5 Å². The number of thiazole rings is 1. The molecule has 0 radical (unpaired) electrons. The molecule has 3 aromatic rings. The van der Waals surface area contributed by atoms with Gasteiger partial charge >= 0.3 is 5.97 Å². The highest BCUT2D eigenvalue weighted by Gasteiger charge is 2.16. The van der Waals surface area contributed by atoms with Crippen molar-refractivity contribution in [1.82, 2.24) is 4.98 Å². The highest BCUT2D eigenvalue weighted by atomic mass is 32.2. The molecule has 30 heavy (non-hydrogen) atoms. The van der Waals surface area contributed by atoms with Gasteiger partial charge in [-0.25, -0.2) is 9.78 Å². The molecule has 3 N–H and O–H groups in total. The zero-order valence-corrected chi connectivity index (χ0v) is 18.1. The number of thioether (sulfide) groups is 1. The van der Waals surface area contributed by atoms with Crippen LogP contribution in [0.25, 0.3) is 10.6 Å². The van der Waals surface area contributed by atoms with Gasteiger partial charge < -0.3 is 15.7 Å². The van der Waals surface area contributed by atoms with Gasteiger partial charge in [0.15, 0.2) is 5.13 Å². The minimum Gasteiger partial charge on any atom is -0.478 e. The molecule has 2 aromatic heterocycles. The Morgan fingerprint density at radius 3 is 2.53 bits per heavy atom. The van der Waals surface area contributed by atoms with Crippen molar-refractivity contribution >= 4 is 63.0 Å². The molecule has 3 rings (SSSR count). The summed E-state index contributed by atoms with van der Waals surface area (Å²) in [5.41, 5.74) is 1.38. The summed E-state index contributed by atoms with van der Waals surface area (Å²) in [4.78, 5) is 40.9. The van der Waals surface area contributed by atoms with E-state index in [4.69, 9.17) is 5.11 Å². The SMILES string of the molecule is CC(Sc1ccc(NC(=O)/C=C/C(=O)O)cc1)C(=O)Nc1nc(-c2cccs2)cs1. The van der Waals surface area contributed by atoms with Gasteiger partial charge in [0.2, 0.25) is 11.8 Å². The molecule has 0 aliphatic heterocycles. The van der Waals surface area contributed by atoms with Crippen LogP contribution >= 0.6 is 34.4 Å². The van der Waals surface area contributed by atoms with Gasteiger partial charge in [-0.15, -0.1) is 34.4 Å². The fourth-order valence-electron chi connectivity index (χ4n) is 2.28. The number of carboxylic acid groups (broad SMARTS) is 1. The van der Waals surface area contributed by atoms with Crippen molar-refractivity contribution < 1.29 is 19.5 Å². The number of nitrogens with one attached hydrogen (secondary N) is 2. The first-order chi connectivity index (χ1) is 14.4. The third kappa shape index (κ3) is 6.28.